The zero-order valence-corrected chi connectivity index (χ0v) is 38.2. The fourth-order valence-corrected chi connectivity index (χ4v) is 7.05. The molecule has 2 unspecified atom stereocenters. The molecule has 0 saturated carbocycles. The van der Waals surface area contributed by atoms with Crippen LogP contribution in [0.1, 0.15) is 200 Å². The zero-order chi connectivity index (χ0) is 41.3. The van der Waals surface area contributed by atoms with E-state index in [1.54, 1.807) is 0 Å². The third-order valence-electron chi connectivity index (χ3n) is 9.94. The van der Waals surface area contributed by atoms with Crippen LogP contribution in [0.15, 0.2) is 36.5 Å². The second kappa shape index (κ2) is 40.5. The van der Waals surface area contributed by atoms with E-state index in [-0.39, 0.29) is 25.8 Å². The molecular weight excluding hydrogens is 721 g/mol. The van der Waals surface area contributed by atoms with Crippen molar-refractivity contribution in [2.45, 2.75) is 206 Å². The number of quaternary nitrogens is 1. The Morgan fingerprint density at radius 1 is 0.554 bits per heavy atom. The number of hydrogen-bond acceptors (Lipinski definition) is 7. The molecule has 0 heterocycles. The maximum atomic E-state index is 12.6. The van der Waals surface area contributed by atoms with Gasteiger partial charge in [-0.15, -0.1) is 0 Å². The molecule has 56 heavy (non-hydrogen) atoms. The van der Waals surface area contributed by atoms with Crippen LogP contribution in [-0.4, -0.2) is 70.7 Å². The molecule has 0 N–H and O–H groups in total. The lowest BCUT2D eigenvalue weighted by atomic mass is 10.1. The lowest BCUT2D eigenvalue weighted by Gasteiger charge is -2.28. The first-order valence-corrected chi connectivity index (χ1v) is 24.7. The number of carbonyl (C=O) groups excluding carboxylic acids is 1. The quantitative estimate of drug-likeness (QED) is 0.0199. The van der Waals surface area contributed by atoms with Crippen LogP contribution in [0.4, 0.5) is 0 Å². The Morgan fingerprint density at radius 2 is 0.982 bits per heavy atom. The van der Waals surface area contributed by atoms with Crippen molar-refractivity contribution in [3.05, 3.63) is 36.5 Å². The largest absolute Gasteiger partial charge is 0.756 e. The SMILES string of the molecule is CCCCCCC/C=C\C/C=C\C/C=C\CCCCCCCCCCCOCC(COP(=O)([O-])OCC[N+](C)(C)C)OC(=O)CCCCCCCCCCCC. The molecule has 330 valence electrons. The van der Waals surface area contributed by atoms with Gasteiger partial charge in [0.2, 0.25) is 0 Å². The molecular formula is C47H90NO7P. The number of hydrogen-bond donors (Lipinski definition) is 0. The van der Waals surface area contributed by atoms with Crippen molar-refractivity contribution in [3.8, 4) is 0 Å². The number of allylic oxidation sites excluding steroid dienone is 6. The van der Waals surface area contributed by atoms with Crippen LogP contribution < -0.4 is 4.89 Å². The number of phosphoric ester groups is 1. The Hall–Kier alpha value is -1.28. The van der Waals surface area contributed by atoms with E-state index in [2.05, 4.69) is 50.3 Å². The van der Waals surface area contributed by atoms with Gasteiger partial charge in [0, 0.05) is 13.0 Å². The molecule has 0 aromatic rings. The summed E-state index contributed by atoms with van der Waals surface area (Å²) in [6.45, 7) is 5.39. The molecule has 0 aliphatic rings. The second-order valence-electron chi connectivity index (χ2n) is 16.8. The van der Waals surface area contributed by atoms with Gasteiger partial charge < -0.3 is 27.9 Å². The summed E-state index contributed by atoms with van der Waals surface area (Å²) in [5.41, 5.74) is 0. The molecule has 0 rings (SSSR count). The lowest BCUT2D eigenvalue weighted by Crippen LogP contribution is -2.37. The van der Waals surface area contributed by atoms with Crippen molar-refractivity contribution >= 4 is 13.8 Å². The van der Waals surface area contributed by atoms with Crippen molar-refractivity contribution in [2.75, 3.05) is 54.1 Å². The predicted molar refractivity (Wildman–Crippen MR) is 236 cm³/mol. The minimum Gasteiger partial charge on any atom is -0.756 e. The highest BCUT2D eigenvalue weighted by molar-refractivity contribution is 7.45. The molecule has 9 heteroatoms. The number of esters is 1. The van der Waals surface area contributed by atoms with Gasteiger partial charge in [-0.05, 0) is 51.4 Å². The van der Waals surface area contributed by atoms with E-state index in [1.165, 1.54) is 135 Å². The van der Waals surface area contributed by atoms with E-state index in [0.29, 0.717) is 24.1 Å². The molecule has 0 aromatic carbocycles. The van der Waals surface area contributed by atoms with Crippen LogP contribution in [0.3, 0.4) is 0 Å². The Morgan fingerprint density at radius 3 is 1.46 bits per heavy atom. The molecule has 0 spiro atoms. The monoisotopic (exact) mass is 812 g/mol. The van der Waals surface area contributed by atoms with Crippen molar-refractivity contribution in [3.63, 3.8) is 0 Å². The second-order valence-corrected chi connectivity index (χ2v) is 18.2. The average molecular weight is 812 g/mol. The minimum atomic E-state index is -4.52. The van der Waals surface area contributed by atoms with Gasteiger partial charge in [0.1, 0.15) is 19.3 Å². The van der Waals surface area contributed by atoms with Gasteiger partial charge in [-0.1, -0.05) is 179 Å². The lowest BCUT2D eigenvalue weighted by molar-refractivity contribution is -0.870. The van der Waals surface area contributed by atoms with Gasteiger partial charge in [-0.2, -0.15) is 0 Å². The molecule has 0 aliphatic carbocycles. The van der Waals surface area contributed by atoms with Crippen molar-refractivity contribution in [1.82, 2.24) is 0 Å². The highest BCUT2D eigenvalue weighted by Gasteiger charge is 2.20. The third-order valence-corrected chi connectivity index (χ3v) is 10.9. The number of carbonyl (C=O) groups is 1. The summed E-state index contributed by atoms with van der Waals surface area (Å²) in [6, 6.07) is 0. The molecule has 0 aromatic heterocycles. The van der Waals surface area contributed by atoms with Crippen LogP contribution in [0.25, 0.3) is 0 Å². The zero-order valence-electron chi connectivity index (χ0n) is 37.3. The van der Waals surface area contributed by atoms with Gasteiger partial charge in [0.05, 0.1) is 34.4 Å². The van der Waals surface area contributed by atoms with Crippen LogP contribution in [0.5, 0.6) is 0 Å². The van der Waals surface area contributed by atoms with Gasteiger partial charge in [-0.25, -0.2) is 0 Å². The molecule has 0 fully saturated rings. The van der Waals surface area contributed by atoms with Crippen LogP contribution in [0.2, 0.25) is 0 Å². The summed E-state index contributed by atoms with van der Waals surface area (Å²) >= 11 is 0. The molecule has 0 amide bonds. The van der Waals surface area contributed by atoms with Crippen molar-refractivity contribution in [1.29, 1.82) is 0 Å². The molecule has 0 bridgehead atoms. The van der Waals surface area contributed by atoms with Crippen LogP contribution in [0, 0.1) is 0 Å². The third kappa shape index (κ3) is 43.8. The fourth-order valence-electron chi connectivity index (χ4n) is 6.32. The molecule has 0 aliphatic heterocycles. The Labute approximate surface area is 346 Å². The Balaban J connectivity index is 4.09. The summed E-state index contributed by atoms with van der Waals surface area (Å²) in [4.78, 5) is 25.0. The van der Waals surface area contributed by atoms with Gasteiger partial charge in [0.25, 0.3) is 7.82 Å². The maximum absolute atomic E-state index is 12.6. The normalized spacial score (nSPS) is 14.0. The van der Waals surface area contributed by atoms with Gasteiger partial charge in [0.15, 0.2) is 0 Å². The van der Waals surface area contributed by atoms with E-state index in [1.807, 2.05) is 21.1 Å². The first kappa shape index (κ1) is 54.7. The average Bonchev–Trinajstić information content (AvgIpc) is 3.15. The summed E-state index contributed by atoms with van der Waals surface area (Å²) in [5.74, 6) is -0.338. The van der Waals surface area contributed by atoms with E-state index in [0.717, 1.165) is 44.9 Å². The highest BCUT2D eigenvalue weighted by atomic mass is 31.2. The first-order valence-electron chi connectivity index (χ1n) is 23.2. The van der Waals surface area contributed by atoms with Crippen molar-refractivity contribution < 1.29 is 37.3 Å². The van der Waals surface area contributed by atoms with Crippen molar-refractivity contribution in [2.24, 2.45) is 0 Å². The summed E-state index contributed by atoms with van der Waals surface area (Å²) in [5, 5.41) is 0. The Bertz CT molecular complexity index is 994. The molecule has 2 atom stereocenters. The number of likely N-dealkylation sites (N-methyl/N-ethyl adjacent to an activating group) is 1. The highest BCUT2D eigenvalue weighted by Crippen LogP contribution is 2.38. The molecule has 8 nitrogen and oxygen atoms in total. The summed E-state index contributed by atoms with van der Waals surface area (Å²) in [7, 11) is 1.35. The topological polar surface area (TPSA) is 94.1 Å². The van der Waals surface area contributed by atoms with E-state index < -0.39 is 13.9 Å². The number of nitrogens with zero attached hydrogens (tertiary/aromatic N) is 1. The van der Waals surface area contributed by atoms with Crippen LogP contribution >= 0.6 is 7.82 Å². The van der Waals surface area contributed by atoms with Crippen LogP contribution in [-0.2, 0) is 27.9 Å². The first-order chi connectivity index (χ1) is 27.1. The van der Waals surface area contributed by atoms with E-state index in [4.69, 9.17) is 18.5 Å². The number of unbranched alkanes of at least 4 members (excludes halogenated alkanes) is 23. The minimum absolute atomic E-state index is 0.0257. The van der Waals surface area contributed by atoms with E-state index in [9.17, 15) is 14.3 Å². The van der Waals surface area contributed by atoms with Gasteiger partial charge in [-0.3, -0.25) is 9.36 Å². The summed E-state index contributed by atoms with van der Waals surface area (Å²) in [6.07, 6.45) is 47.4. The summed E-state index contributed by atoms with van der Waals surface area (Å²) < 4.78 is 34.6. The molecule has 0 radical (unpaired) electrons. The number of ether oxygens (including phenoxy) is 2. The maximum Gasteiger partial charge on any atom is 0.306 e. The standard InChI is InChI=1S/C47H90NO7P/c1-6-8-10-12-14-16-18-19-20-21-22-23-24-25-26-27-28-29-30-31-33-35-37-39-42-52-44-46(45-54-56(50,51)53-43-41-48(3,4)5)55-47(49)40-38-36-34-32-17-15-13-11-9-7-2/h18-19,21-22,24-25,46H,6-17,20,23,26-45H2,1-5H3/b19-18-,22-21-,25-24-. The number of rotatable bonds is 43. The molecule has 0 saturated heterocycles. The smallest absolute Gasteiger partial charge is 0.306 e. The number of phosphoric acid groups is 1. The predicted octanol–water partition coefficient (Wildman–Crippen LogP) is 13.1. The van der Waals surface area contributed by atoms with Gasteiger partial charge >= 0.3 is 5.97 Å². The fraction of sp³-hybridized carbons (Fsp3) is 0.851. The Kier molecular flexibility index (Phi) is 39.6. The van der Waals surface area contributed by atoms with E-state index >= 15 is 0 Å².